The van der Waals surface area contributed by atoms with Gasteiger partial charge in [-0.1, -0.05) is 55.0 Å². The minimum atomic E-state index is -0.0945. The van der Waals surface area contributed by atoms with Gasteiger partial charge in [0, 0.05) is 18.7 Å². The molecule has 0 bridgehead atoms. The fraction of sp³-hybridized carbons (Fsp3) is 0.400. The second kappa shape index (κ2) is 10.2. The maximum Gasteiger partial charge on any atom is 0.240 e. The van der Waals surface area contributed by atoms with Crippen molar-refractivity contribution in [3.05, 3.63) is 70.0 Å². The number of aromatic amines is 1. The van der Waals surface area contributed by atoms with Crippen molar-refractivity contribution in [3.63, 3.8) is 0 Å². The molecular weight excluding hydrogens is 418 g/mol. The Hall–Kier alpha value is -2.77. The number of H-pyrrole nitrogens is 1. The lowest BCUT2D eigenvalue weighted by atomic mass is 9.99. The van der Waals surface area contributed by atoms with E-state index < -0.39 is 0 Å². The monoisotopic (exact) mass is 449 g/mol. The molecule has 1 aliphatic rings. The first-order chi connectivity index (χ1) is 15.5. The van der Waals surface area contributed by atoms with E-state index in [1.165, 1.54) is 31.5 Å². The van der Waals surface area contributed by atoms with Crippen molar-refractivity contribution in [2.24, 2.45) is 5.92 Å². The molecule has 4 rings (SSSR count). The van der Waals surface area contributed by atoms with Gasteiger partial charge < -0.3 is 5.32 Å². The summed E-state index contributed by atoms with van der Waals surface area (Å²) in [7, 11) is 0. The van der Waals surface area contributed by atoms with Gasteiger partial charge in [0.2, 0.25) is 5.91 Å². The number of aromatic nitrogens is 3. The van der Waals surface area contributed by atoms with Gasteiger partial charge in [-0.15, -0.1) is 0 Å². The number of piperidine rings is 1. The molecule has 32 heavy (non-hydrogen) atoms. The molecule has 6 nitrogen and oxygen atoms in total. The predicted octanol–water partition coefficient (Wildman–Crippen LogP) is 4.46. The normalized spacial score (nSPS) is 15.1. The number of rotatable bonds is 7. The molecule has 3 aromatic rings. The number of amides is 1. The first-order valence-electron chi connectivity index (χ1n) is 11.3. The molecule has 2 heterocycles. The third kappa shape index (κ3) is 5.72. The SMILES string of the molecule is Cc1cccc(-c2n[nH]c(=S)n2CC(=O)NCc2ccc(CN3CCC(C)CC3)cc2)c1. The zero-order valence-electron chi connectivity index (χ0n) is 18.8. The lowest BCUT2D eigenvalue weighted by molar-refractivity contribution is -0.121. The van der Waals surface area contributed by atoms with Gasteiger partial charge in [0.25, 0.3) is 0 Å². The molecular formula is C25H31N5OS. The average Bonchev–Trinajstić information content (AvgIpc) is 3.15. The third-order valence-corrected chi connectivity index (χ3v) is 6.44. The predicted molar refractivity (Wildman–Crippen MR) is 130 cm³/mol. The van der Waals surface area contributed by atoms with Crippen molar-refractivity contribution in [3.8, 4) is 11.4 Å². The molecule has 1 aromatic heterocycles. The maximum atomic E-state index is 12.6. The highest BCUT2D eigenvalue weighted by molar-refractivity contribution is 7.71. The van der Waals surface area contributed by atoms with Crippen molar-refractivity contribution < 1.29 is 4.79 Å². The standard InChI is InChI=1S/C25H31N5OS/c1-18-10-12-29(13-11-18)16-21-8-6-20(7-9-21)15-26-23(31)17-30-24(27-28-25(30)32)22-5-3-4-19(2)14-22/h3-9,14,18H,10-13,15-17H2,1-2H3,(H,26,31)(H,28,32). The van der Waals surface area contributed by atoms with E-state index in [4.69, 9.17) is 12.2 Å². The summed E-state index contributed by atoms with van der Waals surface area (Å²) in [5, 5.41) is 10.1. The molecule has 2 aromatic carbocycles. The Morgan fingerprint density at radius 1 is 1.16 bits per heavy atom. The fourth-order valence-corrected chi connectivity index (χ4v) is 4.31. The minimum Gasteiger partial charge on any atom is -0.350 e. The lowest BCUT2D eigenvalue weighted by Crippen LogP contribution is -2.32. The van der Waals surface area contributed by atoms with Crippen LogP contribution in [0.5, 0.6) is 0 Å². The summed E-state index contributed by atoms with van der Waals surface area (Å²) in [5.41, 5.74) is 4.47. The molecule has 0 radical (unpaired) electrons. The van der Waals surface area contributed by atoms with Crippen molar-refractivity contribution in [2.75, 3.05) is 13.1 Å². The molecule has 1 amide bonds. The highest BCUT2D eigenvalue weighted by atomic mass is 32.1. The van der Waals surface area contributed by atoms with E-state index in [1.54, 1.807) is 4.57 Å². The number of benzene rings is 2. The summed E-state index contributed by atoms with van der Waals surface area (Å²) in [4.78, 5) is 15.1. The summed E-state index contributed by atoms with van der Waals surface area (Å²) >= 11 is 5.35. The van der Waals surface area contributed by atoms with Crippen LogP contribution in [0.3, 0.4) is 0 Å². The van der Waals surface area contributed by atoms with Crippen molar-refractivity contribution in [1.82, 2.24) is 25.0 Å². The number of carbonyl (C=O) groups is 1. The Morgan fingerprint density at radius 2 is 1.88 bits per heavy atom. The second-order valence-electron chi connectivity index (χ2n) is 8.86. The van der Waals surface area contributed by atoms with Gasteiger partial charge >= 0.3 is 0 Å². The molecule has 168 valence electrons. The second-order valence-corrected chi connectivity index (χ2v) is 9.25. The quantitative estimate of drug-likeness (QED) is 0.523. The van der Waals surface area contributed by atoms with Gasteiger partial charge in [-0.3, -0.25) is 19.4 Å². The van der Waals surface area contributed by atoms with Gasteiger partial charge in [0.1, 0.15) is 6.54 Å². The molecule has 1 fully saturated rings. The Balaban J connectivity index is 1.32. The molecule has 0 saturated carbocycles. The molecule has 1 aliphatic heterocycles. The summed E-state index contributed by atoms with van der Waals surface area (Å²) in [5.74, 6) is 1.43. The van der Waals surface area contributed by atoms with Crippen LogP contribution in [0.15, 0.2) is 48.5 Å². The van der Waals surface area contributed by atoms with Crippen molar-refractivity contribution in [1.29, 1.82) is 0 Å². The zero-order chi connectivity index (χ0) is 22.5. The number of hydrogen-bond acceptors (Lipinski definition) is 4. The van der Waals surface area contributed by atoms with Gasteiger partial charge in [-0.25, -0.2) is 0 Å². The van der Waals surface area contributed by atoms with E-state index in [2.05, 4.69) is 51.6 Å². The number of carbonyl (C=O) groups excluding carboxylic acids is 1. The van der Waals surface area contributed by atoms with E-state index in [-0.39, 0.29) is 12.5 Å². The van der Waals surface area contributed by atoms with Crippen LogP contribution in [0.25, 0.3) is 11.4 Å². The van der Waals surface area contributed by atoms with Crippen LogP contribution in [-0.2, 0) is 24.4 Å². The van der Waals surface area contributed by atoms with Crippen LogP contribution in [0.2, 0.25) is 0 Å². The molecule has 0 spiro atoms. The highest BCUT2D eigenvalue weighted by Crippen LogP contribution is 2.19. The molecule has 0 unspecified atom stereocenters. The van der Waals surface area contributed by atoms with E-state index in [9.17, 15) is 4.79 Å². The number of likely N-dealkylation sites (tertiary alicyclic amines) is 1. The Morgan fingerprint density at radius 3 is 2.59 bits per heavy atom. The molecule has 2 N–H and O–H groups in total. The van der Waals surface area contributed by atoms with Crippen molar-refractivity contribution in [2.45, 2.75) is 46.3 Å². The Labute approximate surface area is 194 Å². The number of nitrogens with zero attached hydrogens (tertiary/aromatic N) is 3. The van der Waals surface area contributed by atoms with Crippen molar-refractivity contribution >= 4 is 18.1 Å². The fourth-order valence-electron chi connectivity index (χ4n) is 4.11. The highest BCUT2D eigenvalue weighted by Gasteiger charge is 2.16. The first kappa shape index (κ1) is 22.4. The molecule has 7 heteroatoms. The minimum absolute atomic E-state index is 0.0945. The van der Waals surface area contributed by atoms with Crippen LogP contribution in [0.4, 0.5) is 0 Å². The van der Waals surface area contributed by atoms with Gasteiger partial charge in [-0.05, 0) is 68.2 Å². The molecule has 0 atom stereocenters. The van der Waals surface area contributed by atoms with Crippen LogP contribution < -0.4 is 5.32 Å². The van der Waals surface area contributed by atoms with E-state index in [1.807, 2.05) is 31.2 Å². The van der Waals surface area contributed by atoms with Crippen LogP contribution >= 0.6 is 12.2 Å². The van der Waals surface area contributed by atoms with Gasteiger partial charge in [0.15, 0.2) is 10.6 Å². The first-order valence-corrected chi connectivity index (χ1v) is 11.7. The summed E-state index contributed by atoms with van der Waals surface area (Å²) in [6.45, 7) is 8.35. The Bertz CT molecular complexity index is 1110. The molecule has 0 aliphatic carbocycles. The number of nitrogens with one attached hydrogen (secondary N) is 2. The summed E-state index contributed by atoms with van der Waals surface area (Å²) < 4.78 is 2.18. The summed E-state index contributed by atoms with van der Waals surface area (Å²) in [6, 6.07) is 16.5. The number of hydrogen-bond donors (Lipinski definition) is 2. The third-order valence-electron chi connectivity index (χ3n) is 6.13. The summed E-state index contributed by atoms with van der Waals surface area (Å²) in [6.07, 6.45) is 2.58. The lowest BCUT2D eigenvalue weighted by Gasteiger charge is -2.30. The van der Waals surface area contributed by atoms with Crippen LogP contribution in [-0.4, -0.2) is 38.7 Å². The van der Waals surface area contributed by atoms with Gasteiger partial charge in [-0.2, -0.15) is 5.10 Å². The zero-order valence-corrected chi connectivity index (χ0v) is 19.6. The van der Waals surface area contributed by atoms with Crippen LogP contribution in [0.1, 0.15) is 36.5 Å². The van der Waals surface area contributed by atoms with E-state index in [0.717, 1.165) is 29.2 Å². The van der Waals surface area contributed by atoms with Gasteiger partial charge in [0.05, 0.1) is 0 Å². The average molecular weight is 450 g/mol. The topological polar surface area (TPSA) is 66.0 Å². The smallest absolute Gasteiger partial charge is 0.240 e. The maximum absolute atomic E-state index is 12.6. The largest absolute Gasteiger partial charge is 0.350 e. The number of aryl methyl sites for hydroxylation is 1. The van der Waals surface area contributed by atoms with E-state index in [0.29, 0.717) is 17.1 Å². The molecule has 1 saturated heterocycles. The Kier molecular flexibility index (Phi) is 7.17. The van der Waals surface area contributed by atoms with E-state index >= 15 is 0 Å². The van der Waals surface area contributed by atoms with Crippen LogP contribution in [0, 0.1) is 17.6 Å².